The van der Waals surface area contributed by atoms with E-state index in [1.807, 2.05) is 30.6 Å². The SMILES string of the molecule is C=CC(=O)Nc1cc(Nc2nccc(-n3cc(CN4CCC(N(C)C)C4)cn3)n2)c(OC)cc1N1CCOCC1. The third kappa shape index (κ3) is 6.41. The molecule has 0 aliphatic carbocycles. The lowest BCUT2D eigenvalue weighted by Crippen LogP contribution is -2.36. The number of aromatic nitrogens is 4. The molecule has 0 spiro atoms. The van der Waals surface area contributed by atoms with Crippen molar-refractivity contribution in [3.05, 3.63) is 55.0 Å². The van der Waals surface area contributed by atoms with Crippen molar-refractivity contribution in [2.24, 2.45) is 0 Å². The smallest absolute Gasteiger partial charge is 0.247 e. The van der Waals surface area contributed by atoms with Crippen molar-refractivity contribution in [2.75, 3.05) is 76.1 Å². The molecule has 2 aromatic heterocycles. The number of likely N-dealkylation sites (N-methyl/N-ethyl adjacent to an activating group) is 1. The van der Waals surface area contributed by atoms with E-state index in [4.69, 9.17) is 9.47 Å². The van der Waals surface area contributed by atoms with Gasteiger partial charge in [-0.05, 0) is 32.7 Å². The first-order valence-corrected chi connectivity index (χ1v) is 13.4. The predicted octanol–water partition coefficient (Wildman–Crippen LogP) is 2.51. The molecular weight excluding hydrogens is 510 g/mol. The van der Waals surface area contributed by atoms with Crippen LogP contribution in [0.5, 0.6) is 5.75 Å². The van der Waals surface area contributed by atoms with Crippen molar-refractivity contribution < 1.29 is 14.3 Å². The van der Waals surface area contributed by atoms with Gasteiger partial charge in [0.15, 0.2) is 5.82 Å². The number of likely N-dealkylation sites (tertiary alicyclic amines) is 1. The Balaban J connectivity index is 1.35. The molecule has 212 valence electrons. The van der Waals surface area contributed by atoms with Gasteiger partial charge in [0.05, 0.1) is 43.6 Å². The van der Waals surface area contributed by atoms with Crippen LogP contribution < -0.4 is 20.3 Å². The monoisotopic (exact) mass is 547 g/mol. The van der Waals surface area contributed by atoms with E-state index < -0.39 is 0 Å². The minimum Gasteiger partial charge on any atom is -0.494 e. The summed E-state index contributed by atoms with van der Waals surface area (Å²) in [4.78, 5) is 28.2. The minimum atomic E-state index is -0.301. The second-order valence-corrected chi connectivity index (χ2v) is 10.2. The predicted molar refractivity (Wildman–Crippen MR) is 155 cm³/mol. The van der Waals surface area contributed by atoms with Crippen LogP contribution in [0.2, 0.25) is 0 Å². The van der Waals surface area contributed by atoms with Crippen molar-refractivity contribution >= 4 is 28.9 Å². The molecule has 0 radical (unpaired) electrons. The molecule has 3 aromatic rings. The number of rotatable bonds is 10. The van der Waals surface area contributed by atoms with Gasteiger partial charge in [0.25, 0.3) is 0 Å². The summed E-state index contributed by atoms with van der Waals surface area (Å²) in [7, 11) is 5.88. The highest BCUT2D eigenvalue weighted by Gasteiger charge is 2.24. The fourth-order valence-corrected chi connectivity index (χ4v) is 5.05. The maximum atomic E-state index is 12.2. The van der Waals surface area contributed by atoms with E-state index in [0.29, 0.717) is 61.2 Å². The third-order valence-corrected chi connectivity index (χ3v) is 7.25. The summed E-state index contributed by atoms with van der Waals surface area (Å²) >= 11 is 0. The molecule has 0 bridgehead atoms. The van der Waals surface area contributed by atoms with Crippen molar-refractivity contribution in [1.82, 2.24) is 29.5 Å². The van der Waals surface area contributed by atoms with Crippen LogP contribution in [-0.2, 0) is 16.1 Å². The number of carbonyl (C=O) groups is 1. The van der Waals surface area contributed by atoms with Crippen LogP contribution in [0, 0.1) is 0 Å². The highest BCUT2D eigenvalue weighted by molar-refractivity contribution is 6.02. The summed E-state index contributed by atoms with van der Waals surface area (Å²) in [5.74, 6) is 1.31. The molecule has 40 heavy (non-hydrogen) atoms. The Morgan fingerprint density at radius 2 is 2.08 bits per heavy atom. The van der Waals surface area contributed by atoms with Gasteiger partial charge in [-0.25, -0.2) is 9.67 Å². The lowest BCUT2D eigenvalue weighted by molar-refractivity contribution is -0.111. The van der Waals surface area contributed by atoms with E-state index in [1.54, 1.807) is 18.0 Å². The number of nitrogens with zero attached hydrogens (tertiary/aromatic N) is 7. The fraction of sp³-hybridized carbons (Fsp3) is 0.429. The van der Waals surface area contributed by atoms with Crippen LogP contribution in [0.25, 0.3) is 5.82 Å². The Bertz CT molecular complexity index is 1340. The molecule has 2 saturated heterocycles. The van der Waals surface area contributed by atoms with Gasteiger partial charge in [0.2, 0.25) is 11.9 Å². The normalized spacial score (nSPS) is 17.7. The first-order valence-electron chi connectivity index (χ1n) is 13.4. The van der Waals surface area contributed by atoms with Gasteiger partial charge in [-0.1, -0.05) is 6.58 Å². The third-order valence-electron chi connectivity index (χ3n) is 7.25. The zero-order valence-corrected chi connectivity index (χ0v) is 23.3. The summed E-state index contributed by atoms with van der Waals surface area (Å²) in [6.45, 7) is 9.21. The number of hydrogen-bond acceptors (Lipinski definition) is 10. The van der Waals surface area contributed by atoms with Gasteiger partial charge in [-0.15, -0.1) is 0 Å². The summed E-state index contributed by atoms with van der Waals surface area (Å²) in [6.07, 6.45) is 8.01. The van der Waals surface area contributed by atoms with E-state index in [9.17, 15) is 4.79 Å². The topological polar surface area (TPSA) is 113 Å². The van der Waals surface area contributed by atoms with Gasteiger partial charge in [-0.3, -0.25) is 9.69 Å². The van der Waals surface area contributed by atoms with Gasteiger partial charge in [-0.2, -0.15) is 10.1 Å². The molecule has 1 aromatic carbocycles. The Kier molecular flexibility index (Phi) is 8.58. The van der Waals surface area contributed by atoms with Gasteiger partial charge < -0.3 is 29.9 Å². The van der Waals surface area contributed by atoms with Crippen LogP contribution >= 0.6 is 0 Å². The van der Waals surface area contributed by atoms with Gasteiger partial charge in [0.1, 0.15) is 5.75 Å². The van der Waals surface area contributed by atoms with Crippen molar-refractivity contribution in [2.45, 2.75) is 19.0 Å². The van der Waals surface area contributed by atoms with E-state index in [-0.39, 0.29) is 5.91 Å². The lowest BCUT2D eigenvalue weighted by atomic mass is 10.1. The first kappa shape index (κ1) is 27.6. The lowest BCUT2D eigenvalue weighted by Gasteiger charge is -2.31. The van der Waals surface area contributed by atoms with Gasteiger partial charge in [0, 0.05) is 68.9 Å². The zero-order chi connectivity index (χ0) is 28.1. The Labute approximate surface area is 234 Å². The average molecular weight is 548 g/mol. The molecule has 2 aliphatic rings. The Hall–Kier alpha value is -4.00. The Morgan fingerprint density at radius 1 is 1.25 bits per heavy atom. The number of anilines is 4. The molecule has 4 heterocycles. The number of methoxy groups -OCH3 is 1. The number of ether oxygens (including phenoxy) is 2. The number of amides is 1. The van der Waals surface area contributed by atoms with Crippen LogP contribution in [0.3, 0.4) is 0 Å². The van der Waals surface area contributed by atoms with Crippen LogP contribution in [0.4, 0.5) is 23.0 Å². The molecule has 12 nitrogen and oxygen atoms in total. The van der Waals surface area contributed by atoms with E-state index in [1.165, 1.54) is 12.5 Å². The van der Waals surface area contributed by atoms with Crippen molar-refractivity contribution in [3.63, 3.8) is 0 Å². The van der Waals surface area contributed by atoms with E-state index in [0.717, 1.165) is 30.9 Å². The van der Waals surface area contributed by atoms with E-state index in [2.05, 4.69) is 61.1 Å². The molecule has 1 amide bonds. The average Bonchev–Trinajstić information content (AvgIpc) is 3.64. The molecule has 12 heteroatoms. The highest BCUT2D eigenvalue weighted by atomic mass is 16.5. The van der Waals surface area contributed by atoms with Gasteiger partial charge >= 0.3 is 0 Å². The zero-order valence-electron chi connectivity index (χ0n) is 23.3. The number of nitrogens with one attached hydrogen (secondary N) is 2. The van der Waals surface area contributed by atoms with E-state index >= 15 is 0 Å². The first-order chi connectivity index (χ1) is 19.4. The molecular formula is C28H37N9O3. The number of carbonyl (C=O) groups excluding carboxylic acids is 1. The molecule has 5 rings (SSSR count). The van der Waals surface area contributed by atoms with Crippen LogP contribution in [-0.4, -0.2) is 102 Å². The number of morpholine rings is 1. The largest absolute Gasteiger partial charge is 0.494 e. The molecule has 1 atom stereocenters. The van der Waals surface area contributed by atoms with Crippen molar-refractivity contribution in [3.8, 4) is 11.6 Å². The molecule has 0 saturated carbocycles. The minimum absolute atomic E-state index is 0.301. The quantitative estimate of drug-likeness (QED) is 0.367. The molecule has 2 N–H and O–H groups in total. The standard InChI is InChI=1S/C28H37N9O3/c1-5-27(38)31-22-14-23(25(39-4)15-24(22)36-10-12-40-13-11-36)32-28-29-8-6-26(33-28)37-18-20(16-30-37)17-35-9-7-21(19-35)34(2)3/h5-6,8,14-16,18,21H,1,7,9-13,17,19H2,2-4H3,(H,31,38)(H,29,32,33). The number of hydrogen-bond donors (Lipinski definition) is 2. The Morgan fingerprint density at radius 3 is 2.80 bits per heavy atom. The maximum absolute atomic E-state index is 12.2. The highest BCUT2D eigenvalue weighted by Crippen LogP contribution is 2.38. The summed E-state index contributed by atoms with van der Waals surface area (Å²) in [6, 6.07) is 6.13. The van der Waals surface area contributed by atoms with Crippen molar-refractivity contribution in [1.29, 1.82) is 0 Å². The second kappa shape index (κ2) is 12.5. The second-order valence-electron chi connectivity index (χ2n) is 10.2. The summed E-state index contributed by atoms with van der Waals surface area (Å²) in [5.41, 5.74) is 3.22. The fourth-order valence-electron chi connectivity index (χ4n) is 5.05. The van der Waals surface area contributed by atoms with Crippen LogP contribution in [0.15, 0.2) is 49.4 Å². The molecule has 1 unspecified atom stereocenters. The molecule has 2 aliphatic heterocycles. The van der Waals surface area contributed by atoms with Crippen LogP contribution in [0.1, 0.15) is 12.0 Å². The summed E-state index contributed by atoms with van der Waals surface area (Å²) < 4.78 is 13.0. The number of benzene rings is 1. The summed E-state index contributed by atoms with van der Waals surface area (Å²) in [5, 5.41) is 10.7. The molecule has 2 fully saturated rings. The maximum Gasteiger partial charge on any atom is 0.247 e.